The highest BCUT2D eigenvalue weighted by atomic mass is 79.9. The molecule has 0 aromatic heterocycles. The van der Waals surface area contributed by atoms with E-state index < -0.39 is 16.8 Å². The summed E-state index contributed by atoms with van der Waals surface area (Å²) >= 11 is 3.23. The van der Waals surface area contributed by atoms with Gasteiger partial charge >= 0.3 is 6.03 Å². The molecule has 8 heteroatoms. The number of non-ortho nitro benzene ring substituents is 1. The van der Waals surface area contributed by atoms with E-state index in [1.807, 2.05) is 0 Å². The van der Waals surface area contributed by atoms with E-state index in [9.17, 15) is 19.3 Å². The lowest BCUT2D eigenvalue weighted by Gasteiger charge is -2.09. The van der Waals surface area contributed by atoms with E-state index in [4.69, 9.17) is 0 Å². The molecule has 0 aliphatic carbocycles. The van der Waals surface area contributed by atoms with Crippen molar-refractivity contribution in [3.05, 3.63) is 74.0 Å². The lowest BCUT2D eigenvalue weighted by molar-refractivity contribution is -0.384. The fourth-order valence-corrected chi connectivity index (χ4v) is 2.29. The maximum Gasteiger partial charge on any atom is 0.315 e. The lowest BCUT2D eigenvalue weighted by atomic mass is 10.2. The molecule has 0 aliphatic rings. The number of nitro groups is 1. The van der Waals surface area contributed by atoms with Crippen molar-refractivity contribution in [2.24, 2.45) is 0 Å². The molecule has 0 spiro atoms. The highest BCUT2D eigenvalue weighted by Gasteiger charge is 2.08. The van der Waals surface area contributed by atoms with Crippen molar-refractivity contribution in [2.45, 2.75) is 13.1 Å². The SMILES string of the molecule is O=C(NCc1cccc([N+](=O)[O-])c1)NCc1cc(Br)ccc1F. The second kappa shape index (κ2) is 7.68. The van der Waals surface area contributed by atoms with E-state index in [0.717, 1.165) is 0 Å². The molecular formula is C15H13BrFN3O3. The molecule has 2 N–H and O–H groups in total. The summed E-state index contributed by atoms with van der Waals surface area (Å²) in [5.41, 5.74) is 0.911. The van der Waals surface area contributed by atoms with Crippen LogP contribution in [0.5, 0.6) is 0 Å². The van der Waals surface area contributed by atoms with Crippen LogP contribution in [0.15, 0.2) is 46.9 Å². The molecule has 0 aliphatic heterocycles. The first-order valence-corrected chi connectivity index (χ1v) is 7.44. The van der Waals surface area contributed by atoms with E-state index in [-0.39, 0.29) is 18.8 Å². The Kier molecular flexibility index (Phi) is 5.64. The Morgan fingerprint density at radius 2 is 1.91 bits per heavy atom. The first-order chi connectivity index (χ1) is 11.0. The zero-order valence-electron chi connectivity index (χ0n) is 11.9. The van der Waals surface area contributed by atoms with Crippen LogP contribution in [-0.4, -0.2) is 11.0 Å². The maximum atomic E-state index is 13.5. The van der Waals surface area contributed by atoms with Crippen LogP contribution in [0, 0.1) is 15.9 Å². The van der Waals surface area contributed by atoms with Gasteiger partial charge in [0, 0.05) is 35.3 Å². The summed E-state index contributed by atoms with van der Waals surface area (Å²) in [4.78, 5) is 21.9. The molecular weight excluding hydrogens is 369 g/mol. The van der Waals surface area contributed by atoms with Crippen LogP contribution < -0.4 is 10.6 Å². The van der Waals surface area contributed by atoms with Gasteiger partial charge in [-0.3, -0.25) is 10.1 Å². The standard InChI is InChI=1S/C15H13BrFN3O3/c16-12-4-5-14(17)11(7-12)9-19-15(21)18-8-10-2-1-3-13(6-10)20(22)23/h1-7H,8-9H2,(H2,18,19,21). The molecule has 0 bridgehead atoms. The second-order valence-electron chi connectivity index (χ2n) is 4.70. The Hall–Kier alpha value is -2.48. The molecule has 0 saturated carbocycles. The Labute approximate surface area is 140 Å². The number of rotatable bonds is 5. The van der Waals surface area contributed by atoms with Gasteiger partial charge < -0.3 is 10.6 Å². The molecule has 6 nitrogen and oxygen atoms in total. The molecule has 120 valence electrons. The molecule has 2 aromatic carbocycles. The smallest absolute Gasteiger partial charge is 0.315 e. The van der Waals surface area contributed by atoms with Crippen molar-refractivity contribution in [3.63, 3.8) is 0 Å². The molecule has 0 saturated heterocycles. The van der Waals surface area contributed by atoms with Gasteiger partial charge in [0.05, 0.1) is 4.92 Å². The normalized spacial score (nSPS) is 10.2. The minimum Gasteiger partial charge on any atom is -0.334 e. The minimum absolute atomic E-state index is 0.0338. The summed E-state index contributed by atoms with van der Waals surface area (Å²) in [6.07, 6.45) is 0. The number of hydrogen-bond acceptors (Lipinski definition) is 3. The van der Waals surface area contributed by atoms with Crippen LogP contribution in [-0.2, 0) is 13.1 Å². The number of urea groups is 1. The van der Waals surface area contributed by atoms with Crippen LogP contribution >= 0.6 is 15.9 Å². The van der Waals surface area contributed by atoms with Gasteiger partial charge in [-0.25, -0.2) is 9.18 Å². The first-order valence-electron chi connectivity index (χ1n) is 6.64. The average Bonchev–Trinajstić information content (AvgIpc) is 2.54. The lowest BCUT2D eigenvalue weighted by Crippen LogP contribution is -2.34. The minimum atomic E-state index is -0.500. The summed E-state index contributed by atoms with van der Waals surface area (Å²) in [7, 11) is 0. The fourth-order valence-electron chi connectivity index (χ4n) is 1.88. The van der Waals surface area contributed by atoms with Crippen molar-refractivity contribution in [1.82, 2.24) is 10.6 Å². The summed E-state index contributed by atoms with van der Waals surface area (Å²) in [5.74, 6) is -0.410. The highest BCUT2D eigenvalue weighted by molar-refractivity contribution is 9.10. The van der Waals surface area contributed by atoms with Crippen LogP contribution in [0.25, 0.3) is 0 Å². The molecule has 2 aromatic rings. The third kappa shape index (κ3) is 5.03. The van der Waals surface area contributed by atoms with Crippen LogP contribution in [0.2, 0.25) is 0 Å². The number of nitrogens with one attached hydrogen (secondary N) is 2. The quantitative estimate of drug-likeness (QED) is 0.613. The van der Waals surface area contributed by atoms with Gasteiger partial charge in [-0.05, 0) is 23.8 Å². The van der Waals surface area contributed by atoms with Gasteiger partial charge in [0.25, 0.3) is 5.69 Å². The Bertz CT molecular complexity index is 740. The van der Waals surface area contributed by atoms with Crippen LogP contribution in [0.4, 0.5) is 14.9 Å². The molecule has 0 unspecified atom stereocenters. The van der Waals surface area contributed by atoms with Gasteiger partial charge in [0.15, 0.2) is 0 Å². The van der Waals surface area contributed by atoms with Crippen molar-refractivity contribution in [1.29, 1.82) is 0 Å². The Morgan fingerprint density at radius 3 is 2.65 bits per heavy atom. The van der Waals surface area contributed by atoms with Crippen molar-refractivity contribution in [3.8, 4) is 0 Å². The molecule has 0 radical (unpaired) electrons. The van der Waals surface area contributed by atoms with Crippen LogP contribution in [0.1, 0.15) is 11.1 Å². The Morgan fingerprint density at radius 1 is 1.17 bits per heavy atom. The molecule has 0 atom stereocenters. The summed E-state index contributed by atoms with van der Waals surface area (Å²) in [6.45, 7) is 0.167. The second-order valence-corrected chi connectivity index (χ2v) is 5.61. The van der Waals surface area contributed by atoms with Crippen molar-refractivity contribution in [2.75, 3.05) is 0 Å². The van der Waals surface area contributed by atoms with Gasteiger partial charge in [-0.2, -0.15) is 0 Å². The number of halogens is 2. The van der Waals surface area contributed by atoms with E-state index >= 15 is 0 Å². The predicted octanol–water partition coefficient (Wildman–Crippen LogP) is 3.50. The number of nitrogens with zero attached hydrogens (tertiary/aromatic N) is 1. The molecule has 0 fully saturated rings. The van der Waals surface area contributed by atoms with Crippen LogP contribution in [0.3, 0.4) is 0 Å². The summed E-state index contributed by atoms with van der Waals surface area (Å²) in [6, 6.07) is 9.94. The number of carbonyl (C=O) groups is 1. The van der Waals surface area contributed by atoms with Crippen molar-refractivity contribution >= 4 is 27.6 Å². The van der Waals surface area contributed by atoms with E-state index in [0.29, 0.717) is 15.6 Å². The number of benzene rings is 2. The van der Waals surface area contributed by atoms with E-state index in [1.54, 1.807) is 24.3 Å². The summed E-state index contributed by atoms with van der Waals surface area (Å²) in [5, 5.41) is 15.8. The van der Waals surface area contributed by atoms with Gasteiger partial charge in [0.2, 0.25) is 0 Å². The number of hydrogen-bond donors (Lipinski definition) is 2. The average molecular weight is 382 g/mol. The third-order valence-corrected chi connectivity index (χ3v) is 3.51. The topological polar surface area (TPSA) is 84.3 Å². The predicted molar refractivity (Wildman–Crippen MR) is 86.3 cm³/mol. The highest BCUT2D eigenvalue weighted by Crippen LogP contribution is 2.15. The molecule has 0 heterocycles. The first kappa shape index (κ1) is 16.9. The van der Waals surface area contributed by atoms with Gasteiger partial charge in [-0.15, -0.1) is 0 Å². The molecule has 23 heavy (non-hydrogen) atoms. The third-order valence-electron chi connectivity index (χ3n) is 3.02. The number of amides is 2. The van der Waals surface area contributed by atoms with Gasteiger partial charge in [-0.1, -0.05) is 28.1 Å². The summed E-state index contributed by atoms with van der Waals surface area (Å²) < 4.78 is 14.3. The van der Waals surface area contributed by atoms with Gasteiger partial charge in [0.1, 0.15) is 5.82 Å². The zero-order chi connectivity index (χ0) is 16.8. The molecule has 2 amide bonds. The largest absolute Gasteiger partial charge is 0.334 e. The molecule has 2 rings (SSSR count). The maximum absolute atomic E-state index is 13.5. The van der Waals surface area contributed by atoms with E-state index in [1.165, 1.54) is 18.2 Å². The van der Waals surface area contributed by atoms with E-state index in [2.05, 4.69) is 26.6 Å². The number of carbonyl (C=O) groups excluding carboxylic acids is 1. The number of nitro benzene ring substituents is 1. The monoisotopic (exact) mass is 381 g/mol. The van der Waals surface area contributed by atoms with Crippen molar-refractivity contribution < 1.29 is 14.1 Å². The Balaban J connectivity index is 1.87. The zero-order valence-corrected chi connectivity index (χ0v) is 13.5. The fraction of sp³-hybridized carbons (Fsp3) is 0.133.